The summed E-state index contributed by atoms with van der Waals surface area (Å²) in [5.41, 5.74) is 0. The lowest BCUT2D eigenvalue weighted by Crippen LogP contribution is -2.30. The van der Waals surface area contributed by atoms with Gasteiger partial charge >= 0.3 is 39.5 Å². The van der Waals surface area contributed by atoms with Gasteiger partial charge in [0.1, 0.15) is 19.3 Å². The van der Waals surface area contributed by atoms with Crippen LogP contribution in [0.3, 0.4) is 0 Å². The Kier molecular flexibility index (Phi) is 74.5. The molecule has 108 heavy (non-hydrogen) atoms. The zero-order chi connectivity index (χ0) is 78.9. The van der Waals surface area contributed by atoms with Crippen LogP contribution in [0, 0.1) is 0 Å². The highest BCUT2D eigenvalue weighted by atomic mass is 31.2. The summed E-state index contributed by atoms with van der Waals surface area (Å²) in [4.78, 5) is 73.1. The number of aliphatic hydroxyl groups excluding tert-OH is 1. The molecule has 0 fully saturated rings. The molecule has 0 spiro atoms. The van der Waals surface area contributed by atoms with E-state index >= 15 is 0 Å². The van der Waals surface area contributed by atoms with Gasteiger partial charge in [0.15, 0.2) is 12.2 Å². The van der Waals surface area contributed by atoms with Gasteiger partial charge in [0.05, 0.1) is 32.8 Å². The summed E-state index contributed by atoms with van der Waals surface area (Å²) in [7, 11) is -10.0. The Morgan fingerprint density at radius 3 is 0.778 bits per heavy atom. The number of phosphoric ester groups is 2. The van der Waals surface area contributed by atoms with Crippen molar-refractivity contribution in [3.8, 4) is 0 Å². The predicted molar refractivity (Wildman–Crippen MR) is 445 cm³/mol. The highest BCUT2D eigenvalue weighted by molar-refractivity contribution is 7.47. The van der Waals surface area contributed by atoms with E-state index in [1.807, 2.05) is 12.2 Å². The molecule has 5 unspecified atom stereocenters. The maximum atomic E-state index is 13.1. The molecule has 19 heteroatoms. The predicted octanol–water partition coefficient (Wildman–Crippen LogP) is 24.1. The fraction of sp³-hybridized carbons (Fsp3) is 0.596. The van der Waals surface area contributed by atoms with E-state index in [1.165, 1.54) is 0 Å². The number of esters is 4. The van der Waals surface area contributed by atoms with Crippen molar-refractivity contribution < 1.29 is 80.2 Å². The largest absolute Gasteiger partial charge is 0.472 e. The third kappa shape index (κ3) is 78.0. The van der Waals surface area contributed by atoms with E-state index in [-0.39, 0.29) is 25.7 Å². The van der Waals surface area contributed by atoms with Gasteiger partial charge in [-0.1, -0.05) is 293 Å². The van der Waals surface area contributed by atoms with Crippen LogP contribution in [0.25, 0.3) is 0 Å². The molecule has 610 valence electrons. The molecule has 0 heterocycles. The Balaban J connectivity index is 5.47. The zero-order valence-electron chi connectivity index (χ0n) is 66.7. The molecule has 3 N–H and O–H groups in total. The number of ether oxygens (including phenoxy) is 4. The Hall–Kier alpha value is -6.10. The minimum absolute atomic E-state index is 0.0619. The molecule has 0 amide bonds. The number of rotatable bonds is 74. The molecule has 17 nitrogen and oxygen atoms in total. The van der Waals surface area contributed by atoms with Gasteiger partial charge in [-0.15, -0.1) is 0 Å². The number of phosphoric acid groups is 2. The van der Waals surface area contributed by atoms with Crippen LogP contribution in [0.2, 0.25) is 0 Å². The number of hydrogen-bond donors (Lipinski definition) is 3. The third-order valence-electron chi connectivity index (χ3n) is 16.1. The van der Waals surface area contributed by atoms with Gasteiger partial charge in [-0.3, -0.25) is 37.3 Å². The second kappa shape index (κ2) is 79.0. The normalized spacial score (nSPS) is 14.8. The van der Waals surface area contributed by atoms with Crippen LogP contribution < -0.4 is 0 Å². The fourth-order valence-electron chi connectivity index (χ4n) is 10.1. The van der Waals surface area contributed by atoms with Crippen molar-refractivity contribution in [3.05, 3.63) is 194 Å². The van der Waals surface area contributed by atoms with E-state index in [2.05, 4.69) is 198 Å². The van der Waals surface area contributed by atoms with Crippen molar-refractivity contribution in [2.24, 2.45) is 0 Å². The second-order valence-electron chi connectivity index (χ2n) is 26.2. The van der Waals surface area contributed by atoms with Crippen molar-refractivity contribution in [2.45, 2.75) is 303 Å². The number of carbonyl (C=O) groups excluding carboxylic acids is 4. The average Bonchev–Trinajstić information content (AvgIpc) is 0.907. The van der Waals surface area contributed by atoms with Crippen molar-refractivity contribution in [1.82, 2.24) is 0 Å². The summed E-state index contributed by atoms with van der Waals surface area (Å²) in [5.74, 6) is -2.39. The van der Waals surface area contributed by atoms with Crippen LogP contribution in [0.1, 0.15) is 285 Å². The number of aliphatic hydroxyl groups is 1. The molecule has 0 saturated heterocycles. The third-order valence-corrected chi connectivity index (χ3v) is 18.0. The monoisotopic (exact) mass is 1540 g/mol. The maximum absolute atomic E-state index is 13.1. The van der Waals surface area contributed by atoms with E-state index in [0.717, 1.165) is 205 Å². The highest BCUT2D eigenvalue weighted by Crippen LogP contribution is 2.45. The molecule has 0 radical (unpaired) electrons. The van der Waals surface area contributed by atoms with Gasteiger partial charge in [-0.25, -0.2) is 9.13 Å². The number of unbranched alkanes of at least 4 members (excludes halogenated alkanes) is 17. The summed E-state index contributed by atoms with van der Waals surface area (Å²) in [6.45, 7) is 4.24. The van der Waals surface area contributed by atoms with Crippen LogP contribution in [0.4, 0.5) is 0 Å². The lowest BCUT2D eigenvalue weighted by Gasteiger charge is -2.21. The minimum Gasteiger partial charge on any atom is -0.462 e. The average molecular weight is 1550 g/mol. The highest BCUT2D eigenvalue weighted by Gasteiger charge is 2.30. The molecule has 0 rings (SSSR count). The van der Waals surface area contributed by atoms with E-state index < -0.39 is 97.5 Å². The van der Waals surface area contributed by atoms with Crippen LogP contribution in [0.5, 0.6) is 0 Å². The van der Waals surface area contributed by atoms with Crippen LogP contribution in [0.15, 0.2) is 194 Å². The molecule has 0 bridgehead atoms. The molecule has 0 saturated carbocycles. The summed E-state index contributed by atoms with van der Waals surface area (Å²) < 4.78 is 68.5. The number of hydrogen-bond acceptors (Lipinski definition) is 15. The second-order valence-corrected chi connectivity index (χ2v) is 29.1. The Morgan fingerprint density at radius 1 is 0.269 bits per heavy atom. The van der Waals surface area contributed by atoms with Crippen molar-refractivity contribution in [1.29, 1.82) is 0 Å². The molecular formula is C89H142O17P2. The molecular weight excluding hydrogens is 1400 g/mol. The van der Waals surface area contributed by atoms with Crippen molar-refractivity contribution in [3.63, 3.8) is 0 Å². The first-order valence-corrected chi connectivity index (χ1v) is 43.7. The summed E-state index contributed by atoms with van der Waals surface area (Å²) in [6.07, 6.45) is 97.2. The molecule has 0 aliphatic carbocycles. The van der Waals surface area contributed by atoms with Gasteiger partial charge in [0.2, 0.25) is 0 Å². The number of allylic oxidation sites excluding steroid dienone is 31. The summed E-state index contributed by atoms with van der Waals surface area (Å²) >= 11 is 0. The van der Waals surface area contributed by atoms with Gasteiger partial charge in [-0.2, -0.15) is 0 Å². The standard InChI is InChI=1S/C89H142O17P2/c1-5-9-13-17-21-25-29-33-37-39-41-43-47-49-53-57-61-65-69-73-86(91)99-79-84(105-88(93)75-71-67-63-59-55-51-45-35-31-27-23-19-15-11-7-3)81-103-107(95,96)101-77-83(90)78-102-108(97,98)104-82-85(106-89(94)76-72-68-64-60-56-52-46-36-32-28-24-20-16-12-8-4)80-100-87(92)74-70-66-62-58-54-50-48-44-42-40-38-34-30-26-22-18-14-10-6-2/h9-16,21-28,33-38,41-46,55,59,67,71,83-85,90H,5-8,17-20,29-32,39-40,47-54,56-58,60-66,68-70,72-82H2,1-4H3,(H,95,96)(H,97,98)/b13-9-,14-10-,15-11-,16-12-,25-21-,26-22-,27-23-,28-24-,37-33-,38-34-,43-41-,44-42-,45-35-,46-36-,59-55-,71-67-. The first kappa shape index (κ1) is 102. The van der Waals surface area contributed by atoms with Crippen molar-refractivity contribution in [2.75, 3.05) is 39.6 Å². The summed E-state index contributed by atoms with van der Waals surface area (Å²) in [5, 5.41) is 10.7. The quantitative estimate of drug-likeness (QED) is 0.0169. The lowest BCUT2D eigenvalue weighted by molar-refractivity contribution is -0.161. The minimum atomic E-state index is -5.02. The van der Waals surface area contributed by atoms with E-state index in [1.54, 1.807) is 12.2 Å². The molecule has 0 aliphatic rings. The van der Waals surface area contributed by atoms with Crippen LogP contribution >= 0.6 is 15.6 Å². The van der Waals surface area contributed by atoms with E-state index in [4.69, 9.17) is 37.0 Å². The Bertz CT molecular complexity index is 2810. The molecule has 0 aromatic carbocycles. The van der Waals surface area contributed by atoms with Crippen LogP contribution in [-0.2, 0) is 65.4 Å². The number of carbonyl (C=O) groups is 4. The maximum Gasteiger partial charge on any atom is 0.472 e. The molecule has 0 aliphatic heterocycles. The van der Waals surface area contributed by atoms with Gasteiger partial charge in [-0.05, 0) is 161 Å². The zero-order valence-corrected chi connectivity index (χ0v) is 68.5. The fourth-order valence-corrected chi connectivity index (χ4v) is 11.6. The Morgan fingerprint density at radius 2 is 0.491 bits per heavy atom. The topological polar surface area (TPSA) is 237 Å². The summed E-state index contributed by atoms with van der Waals surface area (Å²) in [6, 6.07) is 0. The van der Waals surface area contributed by atoms with Gasteiger partial charge in [0.25, 0.3) is 0 Å². The lowest BCUT2D eigenvalue weighted by atomic mass is 10.1. The smallest absolute Gasteiger partial charge is 0.462 e. The first-order chi connectivity index (χ1) is 52.7. The van der Waals surface area contributed by atoms with Crippen LogP contribution in [-0.4, -0.2) is 96.7 Å². The van der Waals surface area contributed by atoms with E-state index in [0.29, 0.717) is 25.7 Å². The van der Waals surface area contributed by atoms with Crippen molar-refractivity contribution >= 4 is 39.5 Å². The Labute approximate surface area is 653 Å². The van der Waals surface area contributed by atoms with Gasteiger partial charge < -0.3 is 33.8 Å². The molecule has 0 aromatic rings. The molecule has 0 aromatic heterocycles. The molecule has 5 atom stereocenters. The van der Waals surface area contributed by atoms with Gasteiger partial charge in [0, 0.05) is 19.3 Å². The SMILES string of the molecule is CC/C=C\C/C=C\C/C=C\C/C=C\C/C=C\CC(=O)OC(COC(=O)CCCCCCCC/C=C\C/C=C\C/C=C\C/C=C\CC)COP(=O)(O)OCC(O)COP(=O)(O)OCC(COC(=O)CCCCCCCC/C=C\C/C=C\C/C=C\C/C=C\CC)OC(=O)CCCCCCC/C=C\C/C=C\C/C=C\CC. The van der Waals surface area contributed by atoms with E-state index in [9.17, 15) is 43.2 Å². The first-order valence-electron chi connectivity index (χ1n) is 40.7.